The van der Waals surface area contributed by atoms with E-state index in [0.717, 1.165) is 17.7 Å². The quantitative estimate of drug-likeness (QED) is 0.201. The fraction of sp³-hybridized carbons (Fsp3) is 0.107. The number of hydrogen-bond donors (Lipinski definition) is 4. The summed E-state index contributed by atoms with van der Waals surface area (Å²) in [5, 5.41) is 22.7. The lowest BCUT2D eigenvalue weighted by Gasteiger charge is -2.10. The molecule has 2 aromatic heterocycles. The second-order valence-corrected chi connectivity index (χ2v) is 8.93. The molecule has 0 radical (unpaired) electrons. The van der Waals surface area contributed by atoms with Crippen LogP contribution in [0, 0.1) is 13.8 Å². The van der Waals surface area contributed by atoms with Crippen molar-refractivity contribution in [3.05, 3.63) is 94.9 Å². The van der Waals surface area contributed by atoms with E-state index < -0.39 is 23.6 Å². The maximum Gasteiger partial charge on any atom is 0.416 e. The highest BCUT2D eigenvalue weighted by molar-refractivity contribution is 6.16. The van der Waals surface area contributed by atoms with Crippen molar-refractivity contribution in [3.8, 4) is 17.0 Å². The van der Waals surface area contributed by atoms with Crippen molar-refractivity contribution in [2.45, 2.75) is 20.0 Å². The molecule has 0 aliphatic rings. The number of hydrogen-bond acceptors (Lipinski definition) is 5. The van der Waals surface area contributed by atoms with Crippen LogP contribution in [0.3, 0.4) is 0 Å². The molecular weight excluding hydrogens is 513 g/mol. The molecule has 5 aromatic rings. The minimum Gasteiger partial charge on any atom is -0.507 e. The number of H-pyrrole nitrogens is 1. The predicted molar refractivity (Wildman–Crippen MR) is 139 cm³/mol. The second kappa shape index (κ2) is 9.67. The number of nitrogens with one attached hydrogen (secondary N) is 3. The Morgan fingerprint density at radius 1 is 0.949 bits per heavy atom. The summed E-state index contributed by atoms with van der Waals surface area (Å²) in [4.78, 5) is 26.3. The summed E-state index contributed by atoms with van der Waals surface area (Å²) in [6.07, 6.45) is -4.59. The number of carbonyl (C=O) groups excluding carboxylic acids is 2. The van der Waals surface area contributed by atoms with Crippen LogP contribution < -0.4 is 10.6 Å². The van der Waals surface area contributed by atoms with Crippen molar-refractivity contribution < 1.29 is 32.3 Å². The number of aryl methyl sites for hydroxylation is 2. The van der Waals surface area contributed by atoms with Crippen LogP contribution in [-0.4, -0.2) is 27.1 Å². The normalized spacial score (nSPS) is 11.5. The van der Waals surface area contributed by atoms with Crippen molar-refractivity contribution >= 4 is 34.2 Å². The van der Waals surface area contributed by atoms with Crippen molar-refractivity contribution in [3.63, 3.8) is 0 Å². The van der Waals surface area contributed by atoms with Crippen molar-refractivity contribution in [2.24, 2.45) is 0 Å². The maximum atomic E-state index is 13.2. The predicted octanol–water partition coefficient (Wildman–Crippen LogP) is 6.67. The van der Waals surface area contributed by atoms with Gasteiger partial charge in [0.25, 0.3) is 11.8 Å². The van der Waals surface area contributed by atoms with Crippen LogP contribution in [-0.2, 0) is 6.18 Å². The van der Waals surface area contributed by atoms with Crippen LogP contribution >= 0.6 is 0 Å². The molecule has 0 bridgehead atoms. The molecule has 198 valence electrons. The third-order valence-corrected chi connectivity index (χ3v) is 6.03. The summed E-state index contributed by atoms with van der Waals surface area (Å²) in [5.41, 5.74) is 1.66. The fourth-order valence-corrected chi connectivity index (χ4v) is 4.20. The summed E-state index contributed by atoms with van der Waals surface area (Å²) >= 11 is 0. The summed E-state index contributed by atoms with van der Waals surface area (Å²) in [5.74, 6) is -1.77. The highest BCUT2D eigenvalue weighted by Crippen LogP contribution is 2.35. The van der Waals surface area contributed by atoms with Gasteiger partial charge in [0.1, 0.15) is 22.7 Å². The molecule has 3 aromatic carbocycles. The fourth-order valence-electron chi connectivity index (χ4n) is 4.20. The number of nitrogens with zero attached hydrogens (tertiary/aromatic N) is 1. The minimum atomic E-state index is -4.59. The molecule has 0 fully saturated rings. The SMILES string of the molecule is Cc1cc(C)c(O)c(-c2cc(C(=O)Nc3c(C(=O)Nc4cccc(C(F)(F)F)c4)oc4ccccc34)[nH]n2)c1. The summed E-state index contributed by atoms with van der Waals surface area (Å²) in [6, 6.07) is 15.7. The highest BCUT2D eigenvalue weighted by Gasteiger charge is 2.31. The van der Waals surface area contributed by atoms with Gasteiger partial charge in [-0.15, -0.1) is 0 Å². The van der Waals surface area contributed by atoms with Gasteiger partial charge in [-0.25, -0.2) is 0 Å². The Kier molecular flexibility index (Phi) is 6.35. The molecule has 0 saturated heterocycles. The Balaban J connectivity index is 1.45. The first-order valence-electron chi connectivity index (χ1n) is 11.7. The Labute approximate surface area is 219 Å². The number of para-hydroxylation sites is 1. The number of benzene rings is 3. The zero-order valence-corrected chi connectivity index (χ0v) is 20.6. The van der Waals surface area contributed by atoms with E-state index in [1.807, 2.05) is 13.0 Å². The molecule has 0 aliphatic heterocycles. The topological polar surface area (TPSA) is 120 Å². The lowest BCUT2D eigenvalue weighted by molar-refractivity contribution is -0.137. The van der Waals surface area contributed by atoms with Gasteiger partial charge in [0.05, 0.1) is 11.3 Å². The molecule has 0 aliphatic carbocycles. The summed E-state index contributed by atoms with van der Waals surface area (Å²) in [7, 11) is 0. The number of aromatic hydroxyl groups is 1. The maximum absolute atomic E-state index is 13.2. The van der Waals surface area contributed by atoms with Crippen molar-refractivity contribution in [2.75, 3.05) is 10.6 Å². The van der Waals surface area contributed by atoms with Crippen LogP contribution in [0.25, 0.3) is 22.2 Å². The Morgan fingerprint density at radius 2 is 1.72 bits per heavy atom. The standard InChI is InChI=1S/C28H21F3N4O4/c1-14-10-15(2)24(36)19(11-14)20-13-21(35-34-20)26(37)33-23-18-8-3-4-9-22(18)39-25(23)27(38)32-17-7-5-6-16(12-17)28(29,30)31/h3-13,36H,1-2H3,(H,32,38)(H,33,37)(H,34,35). The van der Waals surface area contributed by atoms with Gasteiger partial charge in [0.15, 0.2) is 0 Å². The molecule has 2 amide bonds. The molecule has 2 heterocycles. The monoisotopic (exact) mass is 534 g/mol. The molecular formula is C28H21F3N4O4. The first-order chi connectivity index (χ1) is 18.5. The number of amides is 2. The summed E-state index contributed by atoms with van der Waals surface area (Å²) < 4.78 is 45.0. The number of rotatable bonds is 5. The number of furan rings is 1. The molecule has 0 atom stereocenters. The van der Waals surface area contributed by atoms with Crippen LogP contribution in [0.15, 0.2) is 71.1 Å². The van der Waals surface area contributed by atoms with Gasteiger partial charge in [0, 0.05) is 16.6 Å². The van der Waals surface area contributed by atoms with Gasteiger partial charge in [-0.1, -0.05) is 24.3 Å². The van der Waals surface area contributed by atoms with Crippen LogP contribution in [0.5, 0.6) is 5.75 Å². The van der Waals surface area contributed by atoms with E-state index in [-0.39, 0.29) is 34.2 Å². The summed E-state index contributed by atoms with van der Waals surface area (Å²) in [6.45, 7) is 3.62. The average molecular weight is 534 g/mol. The largest absolute Gasteiger partial charge is 0.507 e. The van der Waals surface area contributed by atoms with Gasteiger partial charge >= 0.3 is 6.18 Å². The number of aromatic nitrogens is 2. The van der Waals surface area contributed by atoms with Gasteiger partial charge < -0.3 is 20.2 Å². The van der Waals surface area contributed by atoms with Crippen LogP contribution in [0.4, 0.5) is 24.5 Å². The number of phenolic OH excluding ortho intramolecular Hbond substituents is 1. The Morgan fingerprint density at radius 3 is 2.49 bits per heavy atom. The molecule has 39 heavy (non-hydrogen) atoms. The van der Waals surface area contributed by atoms with Crippen LogP contribution in [0.1, 0.15) is 37.7 Å². The van der Waals surface area contributed by atoms with E-state index in [2.05, 4.69) is 20.8 Å². The number of fused-ring (bicyclic) bond motifs is 1. The molecule has 4 N–H and O–H groups in total. The molecule has 8 nitrogen and oxygen atoms in total. The van der Waals surface area contributed by atoms with E-state index >= 15 is 0 Å². The Bertz CT molecular complexity index is 1740. The van der Waals surface area contributed by atoms with E-state index in [1.165, 1.54) is 18.2 Å². The molecule has 0 saturated carbocycles. The first-order valence-corrected chi connectivity index (χ1v) is 11.7. The van der Waals surface area contributed by atoms with E-state index in [9.17, 15) is 27.9 Å². The smallest absolute Gasteiger partial charge is 0.416 e. The number of alkyl halides is 3. The average Bonchev–Trinajstić information content (AvgIpc) is 3.52. The highest BCUT2D eigenvalue weighted by atomic mass is 19.4. The number of phenols is 1. The number of anilines is 2. The van der Waals surface area contributed by atoms with Crippen molar-refractivity contribution in [1.82, 2.24) is 10.2 Å². The minimum absolute atomic E-state index is 0.0328. The Hall–Kier alpha value is -5.06. The molecule has 0 spiro atoms. The van der Waals surface area contributed by atoms with Crippen LogP contribution in [0.2, 0.25) is 0 Å². The zero-order valence-electron chi connectivity index (χ0n) is 20.6. The third-order valence-electron chi connectivity index (χ3n) is 6.03. The second-order valence-electron chi connectivity index (χ2n) is 8.93. The lowest BCUT2D eigenvalue weighted by atomic mass is 10.0. The zero-order chi connectivity index (χ0) is 27.9. The molecule has 5 rings (SSSR count). The number of halogens is 3. The molecule has 11 heteroatoms. The van der Waals surface area contributed by atoms with Gasteiger partial charge in [-0.3, -0.25) is 14.7 Å². The lowest BCUT2D eigenvalue weighted by Crippen LogP contribution is -2.17. The van der Waals surface area contributed by atoms with E-state index in [1.54, 1.807) is 37.3 Å². The van der Waals surface area contributed by atoms with Gasteiger partial charge in [-0.05, 0) is 67.4 Å². The molecule has 0 unspecified atom stereocenters. The van der Waals surface area contributed by atoms with E-state index in [0.29, 0.717) is 22.2 Å². The van der Waals surface area contributed by atoms with Gasteiger partial charge in [0.2, 0.25) is 5.76 Å². The number of aromatic amines is 1. The van der Waals surface area contributed by atoms with Crippen molar-refractivity contribution in [1.29, 1.82) is 0 Å². The third kappa shape index (κ3) is 5.06. The number of carbonyl (C=O) groups is 2. The van der Waals surface area contributed by atoms with E-state index in [4.69, 9.17) is 4.42 Å². The van der Waals surface area contributed by atoms with Gasteiger partial charge in [-0.2, -0.15) is 18.3 Å². The first kappa shape index (κ1) is 25.6.